The summed E-state index contributed by atoms with van der Waals surface area (Å²) in [4.78, 5) is 4.76. The van der Waals surface area contributed by atoms with Crippen LogP contribution in [0, 0.1) is 13.8 Å². The maximum atomic E-state index is 13.1. The van der Waals surface area contributed by atoms with Crippen molar-refractivity contribution in [1.82, 2.24) is 9.29 Å². The first-order chi connectivity index (χ1) is 11.7. The number of hydrogen-bond donors (Lipinski definition) is 0. The van der Waals surface area contributed by atoms with Gasteiger partial charge in [0, 0.05) is 24.9 Å². The fourth-order valence-electron chi connectivity index (χ4n) is 3.10. The minimum Gasteiger partial charge on any atom is -0.496 e. The highest BCUT2D eigenvalue weighted by molar-refractivity contribution is 7.89. The van der Waals surface area contributed by atoms with Crippen LogP contribution < -0.4 is 4.74 Å². The van der Waals surface area contributed by atoms with Gasteiger partial charge in [-0.2, -0.15) is 4.31 Å². The van der Waals surface area contributed by atoms with Gasteiger partial charge in [-0.15, -0.1) is 0 Å². The number of oxazole rings is 1. The number of methoxy groups -OCH3 is 1. The monoisotopic (exact) mass is 364 g/mol. The van der Waals surface area contributed by atoms with Crippen molar-refractivity contribution in [3.05, 3.63) is 40.6 Å². The number of ether oxygens (including phenoxy) is 1. The summed E-state index contributed by atoms with van der Waals surface area (Å²) in [5, 5.41) is 0. The molecule has 1 aromatic carbocycles. The van der Waals surface area contributed by atoms with Crippen molar-refractivity contribution in [1.29, 1.82) is 0 Å². The Balaban J connectivity index is 1.96. The molecule has 0 saturated carbocycles. The van der Waals surface area contributed by atoms with E-state index in [-0.39, 0.29) is 17.4 Å². The standard InChI is InChI=1S/C18H24N2O4S/c1-11(2)18-19-14-10-20(7-6-15(14)24-18)25(21,22)17-9-16(23-5)12(3)8-13(17)4/h8-9,11H,6-7,10H2,1-5H3. The van der Waals surface area contributed by atoms with Crippen LogP contribution in [0.2, 0.25) is 0 Å². The Morgan fingerprint density at radius 2 is 1.96 bits per heavy atom. The third-order valence-corrected chi connectivity index (χ3v) is 6.50. The van der Waals surface area contributed by atoms with E-state index in [1.165, 1.54) is 4.31 Å². The summed E-state index contributed by atoms with van der Waals surface area (Å²) in [6.45, 7) is 8.35. The van der Waals surface area contributed by atoms with E-state index in [0.29, 0.717) is 30.2 Å². The fourth-order valence-corrected chi connectivity index (χ4v) is 4.72. The summed E-state index contributed by atoms with van der Waals surface area (Å²) in [6, 6.07) is 3.45. The Morgan fingerprint density at radius 3 is 2.60 bits per heavy atom. The summed E-state index contributed by atoms with van der Waals surface area (Å²) in [7, 11) is -2.08. The lowest BCUT2D eigenvalue weighted by molar-refractivity contribution is 0.353. The predicted molar refractivity (Wildman–Crippen MR) is 94.4 cm³/mol. The second kappa shape index (κ2) is 6.46. The van der Waals surface area contributed by atoms with E-state index >= 15 is 0 Å². The Labute approximate surface area is 148 Å². The lowest BCUT2D eigenvalue weighted by atomic mass is 10.1. The molecule has 0 aliphatic carbocycles. The van der Waals surface area contributed by atoms with E-state index in [0.717, 1.165) is 17.0 Å². The zero-order valence-corrected chi connectivity index (χ0v) is 16.1. The molecule has 0 fully saturated rings. The van der Waals surface area contributed by atoms with E-state index in [4.69, 9.17) is 9.15 Å². The second-order valence-corrected chi connectivity index (χ2v) is 8.66. The van der Waals surface area contributed by atoms with Crippen LogP contribution in [0.15, 0.2) is 21.4 Å². The number of nitrogens with zero attached hydrogens (tertiary/aromatic N) is 2. The lowest BCUT2D eigenvalue weighted by Crippen LogP contribution is -2.36. The van der Waals surface area contributed by atoms with Gasteiger partial charge >= 0.3 is 0 Å². The molecule has 0 atom stereocenters. The van der Waals surface area contributed by atoms with Gasteiger partial charge in [0.2, 0.25) is 10.0 Å². The van der Waals surface area contributed by atoms with E-state index in [1.54, 1.807) is 13.2 Å². The molecule has 0 N–H and O–H groups in total. The average molecular weight is 364 g/mol. The molecular weight excluding hydrogens is 340 g/mol. The van der Waals surface area contributed by atoms with Crippen molar-refractivity contribution in [3.63, 3.8) is 0 Å². The average Bonchev–Trinajstić information content (AvgIpc) is 2.98. The van der Waals surface area contributed by atoms with Gasteiger partial charge < -0.3 is 9.15 Å². The number of aryl methyl sites for hydroxylation is 2. The Bertz CT molecular complexity index is 900. The number of sulfonamides is 1. The fraction of sp³-hybridized carbons (Fsp3) is 0.500. The highest BCUT2D eigenvalue weighted by Crippen LogP contribution is 2.31. The Morgan fingerprint density at radius 1 is 1.24 bits per heavy atom. The summed E-state index contributed by atoms with van der Waals surface area (Å²) in [6.07, 6.45) is 0.538. The number of aromatic nitrogens is 1. The van der Waals surface area contributed by atoms with E-state index < -0.39 is 10.0 Å². The zero-order chi connectivity index (χ0) is 18.4. The van der Waals surface area contributed by atoms with Crippen LogP contribution in [0.1, 0.15) is 48.2 Å². The molecule has 1 aromatic heterocycles. The molecule has 2 heterocycles. The van der Waals surface area contributed by atoms with Gasteiger partial charge in [-0.05, 0) is 25.0 Å². The SMILES string of the molecule is COc1cc(S(=O)(=O)N2CCc3oc(C(C)C)nc3C2)c(C)cc1C. The van der Waals surface area contributed by atoms with Gasteiger partial charge in [-0.3, -0.25) is 0 Å². The molecule has 7 heteroatoms. The van der Waals surface area contributed by atoms with Crippen LogP contribution in [0.4, 0.5) is 0 Å². The first kappa shape index (κ1) is 17.9. The van der Waals surface area contributed by atoms with Crippen LogP contribution in [0.3, 0.4) is 0 Å². The number of rotatable bonds is 4. The molecule has 1 aliphatic heterocycles. The van der Waals surface area contributed by atoms with Crippen LogP contribution in [0.5, 0.6) is 5.75 Å². The maximum absolute atomic E-state index is 13.1. The van der Waals surface area contributed by atoms with E-state index in [9.17, 15) is 8.42 Å². The van der Waals surface area contributed by atoms with Crippen LogP contribution in [-0.4, -0.2) is 31.4 Å². The van der Waals surface area contributed by atoms with Crippen molar-refractivity contribution in [2.75, 3.05) is 13.7 Å². The van der Waals surface area contributed by atoms with Gasteiger partial charge in [0.15, 0.2) is 5.89 Å². The Kier molecular flexibility index (Phi) is 4.64. The summed E-state index contributed by atoms with van der Waals surface area (Å²) >= 11 is 0. The third-order valence-electron chi connectivity index (χ3n) is 4.51. The van der Waals surface area contributed by atoms with Gasteiger partial charge in [0.05, 0.1) is 24.2 Å². The number of hydrogen-bond acceptors (Lipinski definition) is 5. The van der Waals surface area contributed by atoms with Crippen molar-refractivity contribution in [3.8, 4) is 5.75 Å². The maximum Gasteiger partial charge on any atom is 0.243 e. The third kappa shape index (κ3) is 3.18. The first-order valence-corrected chi connectivity index (χ1v) is 9.82. The van der Waals surface area contributed by atoms with E-state index in [1.807, 2.05) is 33.8 Å². The van der Waals surface area contributed by atoms with Gasteiger partial charge in [-0.25, -0.2) is 13.4 Å². The van der Waals surface area contributed by atoms with Gasteiger partial charge in [0.25, 0.3) is 0 Å². The molecule has 0 saturated heterocycles. The molecular formula is C18H24N2O4S. The second-order valence-electron chi connectivity index (χ2n) is 6.75. The molecule has 136 valence electrons. The van der Waals surface area contributed by atoms with Crippen molar-refractivity contribution in [2.45, 2.75) is 51.5 Å². The molecule has 25 heavy (non-hydrogen) atoms. The van der Waals surface area contributed by atoms with E-state index in [2.05, 4.69) is 4.98 Å². The first-order valence-electron chi connectivity index (χ1n) is 8.38. The highest BCUT2D eigenvalue weighted by atomic mass is 32.2. The highest BCUT2D eigenvalue weighted by Gasteiger charge is 2.33. The summed E-state index contributed by atoms with van der Waals surface area (Å²) < 4.78 is 38.8. The molecule has 0 spiro atoms. The largest absolute Gasteiger partial charge is 0.496 e. The van der Waals surface area contributed by atoms with Crippen LogP contribution in [0.25, 0.3) is 0 Å². The smallest absolute Gasteiger partial charge is 0.243 e. The molecule has 2 aromatic rings. The van der Waals surface area contributed by atoms with Crippen molar-refractivity contribution in [2.24, 2.45) is 0 Å². The lowest BCUT2D eigenvalue weighted by Gasteiger charge is -2.25. The Hall–Kier alpha value is -1.86. The normalized spacial score (nSPS) is 15.4. The van der Waals surface area contributed by atoms with Gasteiger partial charge in [-0.1, -0.05) is 19.9 Å². The minimum absolute atomic E-state index is 0.180. The van der Waals surface area contributed by atoms with Crippen LogP contribution >= 0.6 is 0 Å². The molecule has 0 radical (unpaired) electrons. The number of fused-ring (bicyclic) bond motifs is 1. The minimum atomic E-state index is -3.62. The van der Waals surface area contributed by atoms with Crippen LogP contribution in [-0.2, 0) is 23.0 Å². The topological polar surface area (TPSA) is 72.6 Å². The van der Waals surface area contributed by atoms with Crippen molar-refractivity contribution >= 4 is 10.0 Å². The van der Waals surface area contributed by atoms with Gasteiger partial charge in [0.1, 0.15) is 11.5 Å². The quantitative estimate of drug-likeness (QED) is 0.833. The molecule has 0 amide bonds. The van der Waals surface area contributed by atoms with Crippen molar-refractivity contribution < 1.29 is 17.6 Å². The summed E-state index contributed by atoms with van der Waals surface area (Å²) in [5.74, 6) is 2.22. The molecule has 1 aliphatic rings. The predicted octanol–water partition coefficient (Wildman–Crippen LogP) is 3.17. The molecule has 0 bridgehead atoms. The summed E-state index contributed by atoms with van der Waals surface area (Å²) in [5.41, 5.74) is 2.35. The molecule has 3 rings (SSSR count). The number of benzene rings is 1. The molecule has 0 unspecified atom stereocenters. The zero-order valence-electron chi connectivity index (χ0n) is 15.3. The molecule has 6 nitrogen and oxygen atoms in total.